The fourth-order valence-electron chi connectivity index (χ4n) is 2.11. The molecule has 1 unspecified atom stereocenters. The van der Waals surface area contributed by atoms with E-state index >= 15 is 0 Å². The molecule has 0 amide bonds. The molecule has 2 aromatic carbocycles. The van der Waals surface area contributed by atoms with E-state index in [4.69, 9.17) is 0 Å². The van der Waals surface area contributed by atoms with Gasteiger partial charge in [0.2, 0.25) is 5.95 Å². The number of hydrogen-bond acceptors (Lipinski definition) is 2. The van der Waals surface area contributed by atoms with E-state index in [0.717, 1.165) is 5.56 Å². The lowest BCUT2D eigenvalue weighted by molar-refractivity contribution is 0.623. The van der Waals surface area contributed by atoms with E-state index in [9.17, 15) is 8.78 Å². The van der Waals surface area contributed by atoms with Crippen LogP contribution in [0.2, 0.25) is 0 Å². The number of nitrogens with one attached hydrogen (secondary N) is 2. The third kappa shape index (κ3) is 2.47. The first-order valence-electron chi connectivity index (χ1n) is 6.29. The molecule has 0 aliphatic carbocycles. The summed E-state index contributed by atoms with van der Waals surface area (Å²) in [7, 11) is 0. The van der Waals surface area contributed by atoms with E-state index < -0.39 is 0 Å². The Bertz CT molecular complexity index is 752. The third-order valence-corrected chi connectivity index (χ3v) is 3.15. The van der Waals surface area contributed by atoms with Gasteiger partial charge in [0.05, 0.1) is 17.1 Å². The van der Waals surface area contributed by atoms with Crippen LogP contribution in [0.25, 0.3) is 11.0 Å². The molecule has 3 aromatic rings. The van der Waals surface area contributed by atoms with Gasteiger partial charge >= 0.3 is 0 Å². The van der Waals surface area contributed by atoms with Gasteiger partial charge in [-0.05, 0) is 42.8 Å². The first-order chi connectivity index (χ1) is 9.61. The maximum absolute atomic E-state index is 13.2. The average molecular weight is 273 g/mol. The summed E-state index contributed by atoms with van der Waals surface area (Å²) in [5.41, 5.74) is 2.12. The standard InChI is InChI=1S/C15H13F2N3/c1-9(10-3-2-4-11(16)7-10)18-15-19-13-6-5-12(17)8-14(13)20-15/h2-9H,1H3,(H2,18,19,20). The van der Waals surface area contributed by atoms with Crippen LogP contribution in [0.5, 0.6) is 0 Å². The van der Waals surface area contributed by atoms with E-state index in [1.54, 1.807) is 12.1 Å². The number of hydrogen-bond donors (Lipinski definition) is 2. The monoisotopic (exact) mass is 273 g/mol. The van der Waals surface area contributed by atoms with Crippen LogP contribution in [-0.4, -0.2) is 9.97 Å². The number of fused-ring (bicyclic) bond motifs is 1. The summed E-state index contributed by atoms with van der Waals surface area (Å²) in [6.07, 6.45) is 0. The molecule has 1 heterocycles. The summed E-state index contributed by atoms with van der Waals surface area (Å²) in [6.45, 7) is 1.91. The molecule has 3 rings (SSSR count). The fourth-order valence-corrected chi connectivity index (χ4v) is 2.11. The minimum atomic E-state index is -0.314. The number of rotatable bonds is 3. The Balaban J connectivity index is 1.85. The Morgan fingerprint density at radius 2 is 1.90 bits per heavy atom. The summed E-state index contributed by atoms with van der Waals surface area (Å²) in [5.74, 6) is -0.0592. The number of anilines is 1. The van der Waals surface area contributed by atoms with Gasteiger partial charge in [0.1, 0.15) is 11.6 Å². The van der Waals surface area contributed by atoms with E-state index in [1.165, 1.54) is 24.3 Å². The van der Waals surface area contributed by atoms with Gasteiger partial charge < -0.3 is 10.3 Å². The second kappa shape index (κ2) is 4.92. The molecule has 0 saturated heterocycles. The topological polar surface area (TPSA) is 40.7 Å². The van der Waals surface area contributed by atoms with Crippen molar-refractivity contribution < 1.29 is 8.78 Å². The molecule has 0 spiro atoms. The van der Waals surface area contributed by atoms with Crippen molar-refractivity contribution in [2.24, 2.45) is 0 Å². The SMILES string of the molecule is CC(Nc1nc2ccc(F)cc2[nH]1)c1cccc(F)c1. The second-order valence-corrected chi connectivity index (χ2v) is 4.67. The van der Waals surface area contributed by atoms with E-state index in [0.29, 0.717) is 17.0 Å². The van der Waals surface area contributed by atoms with Gasteiger partial charge in [-0.2, -0.15) is 0 Å². The number of halogens is 2. The Hall–Kier alpha value is -2.43. The van der Waals surface area contributed by atoms with Gasteiger partial charge in [0, 0.05) is 0 Å². The fraction of sp³-hybridized carbons (Fsp3) is 0.133. The smallest absolute Gasteiger partial charge is 0.201 e. The molecular weight excluding hydrogens is 260 g/mol. The zero-order valence-electron chi connectivity index (χ0n) is 10.8. The van der Waals surface area contributed by atoms with Crippen LogP contribution in [-0.2, 0) is 0 Å². The predicted octanol–water partition coefficient (Wildman–Crippen LogP) is 4.01. The van der Waals surface area contributed by atoms with Crippen LogP contribution in [0, 0.1) is 11.6 Å². The zero-order chi connectivity index (χ0) is 14.1. The van der Waals surface area contributed by atoms with Crippen LogP contribution < -0.4 is 5.32 Å². The summed E-state index contributed by atoms with van der Waals surface area (Å²) in [4.78, 5) is 7.31. The molecule has 0 aliphatic heterocycles. The summed E-state index contributed by atoms with van der Waals surface area (Å²) in [5, 5.41) is 3.14. The molecule has 20 heavy (non-hydrogen) atoms. The summed E-state index contributed by atoms with van der Waals surface area (Å²) in [6, 6.07) is 10.6. The molecule has 0 aliphatic rings. The summed E-state index contributed by atoms with van der Waals surface area (Å²) >= 11 is 0. The van der Waals surface area contributed by atoms with E-state index in [1.807, 2.05) is 13.0 Å². The van der Waals surface area contributed by atoms with Crippen molar-refractivity contribution in [1.82, 2.24) is 9.97 Å². The number of aromatic amines is 1. The number of aromatic nitrogens is 2. The lowest BCUT2D eigenvalue weighted by Crippen LogP contribution is -2.07. The third-order valence-electron chi connectivity index (χ3n) is 3.15. The van der Waals surface area contributed by atoms with Gasteiger partial charge in [-0.3, -0.25) is 0 Å². The van der Waals surface area contributed by atoms with Gasteiger partial charge in [0.15, 0.2) is 0 Å². The predicted molar refractivity (Wildman–Crippen MR) is 74.5 cm³/mol. The first-order valence-corrected chi connectivity index (χ1v) is 6.29. The van der Waals surface area contributed by atoms with Crippen LogP contribution in [0.3, 0.4) is 0 Å². The number of benzene rings is 2. The number of nitrogens with zero attached hydrogens (tertiary/aromatic N) is 1. The Kier molecular flexibility index (Phi) is 3.10. The maximum atomic E-state index is 13.2. The van der Waals surface area contributed by atoms with Crippen LogP contribution >= 0.6 is 0 Å². The minimum Gasteiger partial charge on any atom is -0.349 e. The molecule has 5 heteroatoms. The molecule has 1 aromatic heterocycles. The Morgan fingerprint density at radius 1 is 1.10 bits per heavy atom. The van der Waals surface area contributed by atoms with Crippen molar-refractivity contribution in [3.05, 3.63) is 59.7 Å². The molecule has 1 atom stereocenters. The van der Waals surface area contributed by atoms with Crippen LogP contribution in [0.15, 0.2) is 42.5 Å². The Labute approximate surface area is 114 Å². The highest BCUT2D eigenvalue weighted by atomic mass is 19.1. The van der Waals surface area contributed by atoms with Crippen LogP contribution in [0.4, 0.5) is 14.7 Å². The average Bonchev–Trinajstić information content (AvgIpc) is 2.80. The van der Waals surface area contributed by atoms with Gasteiger partial charge in [-0.1, -0.05) is 12.1 Å². The quantitative estimate of drug-likeness (QED) is 0.756. The second-order valence-electron chi connectivity index (χ2n) is 4.67. The van der Waals surface area contributed by atoms with Crippen molar-refractivity contribution in [1.29, 1.82) is 0 Å². The number of H-pyrrole nitrogens is 1. The highest BCUT2D eigenvalue weighted by Gasteiger charge is 2.09. The normalized spacial score (nSPS) is 12.6. The highest BCUT2D eigenvalue weighted by molar-refractivity contribution is 5.77. The lowest BCUT2D eigenvalue weighted by atomic mass is 10.1. The highest BCUT2D eigenvalue weighted by Crippen LogP contribution is 2.21. The van der Waals surface area contributed by atoms with Gasteiger partial charge in [0.25, 0.3) is 0 Å². The molecule has 2 N–H and O–H groups in total. The Morgan fingerprint density at radius 3 is 2.70 bits per heavy atom. The van der Waals surface area contributed by atoms with Gasteiger partial charge in [-0.25, -0.2) is 13.8 Å². The first kappa shape index (κ1) is 12.6. The van der Waals surface area contributed by atoms with E-state index in [-0.39, 0.29) is 17.7 Å². The van der Waals surface area contributed by atoms with Crippen molar-refractivity contribution in [2.45, 2.75) is 13.0 Å². The molecule has 0 fully saturated rings. The molecule has 0 bridgehead atoms. The van der Waals surface area contributed by atoms with Crippen molar-refractivity contribution in [3.63, 3.8) is 0 Å². The largest absolute Gasteiger partial charge is 0.349 e. The minimum absolute atomic E-state index is 0.115. The molecular formula is C15H13F2N3. The zero-order valence-corrected chi connectivity index (χ0v) is 10.8. The van der Waals surface area contributed by atoms with Crippen LogP contribution in [0.1, 0.15) is 18.5 Å². The van der Waals surface area contributed by atoms with Crippen molar-refractivity contribution >= 4 is 17.0 Å². The van der Waals surface area contributed by atoms with Gasteiger partial charge in [-0.15, -0.1) is 0 Å². The van der Waals surface area contributed by atoms with E-state index in [2.05, 4.69) is 15.3 Å². The number of imidazole rings is 1. The molecule has 102 valence electrons. The van der Waals surface area contributed by atoms with Crippen molar-refractivity contribution in [2.75, 3.05) is 5.32 Å². The molecule has 0 saturated carbocycles. The van der Waals surface area contributed by atoms with Crippen molar-refractivity contribution in [3.8, 4) is 0 Å². The molecule has 3 nitrogen and oxygen atoms in total. The maximum Gasteiger partial charge on any atom is 0.201 e. The lowest BCUT2D eigenvalue weighted by Gasteiger charge is -2.13. The summed E-state index contributed by atoms with van der Waals surface area (Å²) < 4.78 is 26.3. The molecule has 0 radical (unpaired) electrons.